The first kappa shape index (κ1) is 19.1. The minimum Gasteiger partial charge on any atom is -0.459 e. The van der Waals surface area contributed by atoms with E-state index < -0.39 is 5.41 Å². The lowest BCUT2D eigenvalue weighted by atomic mass is 9.79. The summed E-state index contributed by atoms with van der Waals surface area (Å²) in [6, 6.07) is 3.35. The maximum absolute atomic E-state index is 13.4. The van der Waals surface area contributed by atoms with Crippen LogP contribution in [0.15, 0.2) is 28.2 Å². The van der Waals surface area contributed by atoms with Gasteiger partial charge in [-0.25, -0.2) is 4.98 Å². The molecule has 2 aromatic heterocycles. The molecule has 0 radical (unpaired) electrons. The highest BCUT2D eigenvalue weighted by atomic mass is 32.1. The average Bonchev–Trinajstić information content (AvgIpc) is 3.42. The highest BCUT2D eigenvalue weighted by Gasteiger charge is 2.57. The summed E-state index contributed by atoms with van der Waals surface area (Å²) in [5.41, 5.74) is 0.214. The van der Waals surface area contributed by atoms with Crippen LogP contribution in [0.2, 0.25) is 0 Å². The number of thiazole rings is 1. The van der Waals surface area contributed by atoms with E-state index in [0.29, 0.717) is 44.5 Å². The van der Waals surface area contributed by atoms with E-state index in [2.05, 4.69) is 18.8 Å². The maximum atomic E-state index is 13.4. The first-order valence-electron chi connectivity index (χ1n) is 9.51. The zero-order valence-corrected chi connectivity index (χ0v) is 17.2. The summed E-state index contributed by atoms with van der Waals surface area (Å²) in [4.78, 5) is 34.2. The van der Waals surface area contributed by atoms with Crippen molar-refractivity contribution in [1.82, 2.24) is 14.8 Å². The summed E-state index contributed by atoms with van der Waals surface area (Å²) < 4.78 is 10.9. The maximum Gasteiger partial charge on any atom is 0.289 e. The summed E-state index contributed by atoms with van der Waals surface area (Å²) >= 11 is 1.63. The summed E-state index contributed by atoms with van der Waals surface area (Å²) in [5, 5.41) is 3.09. The predicted molar refractivity (Wildman–Crippen MR) is 104 cm³/mol. The SMILES string of the molecule is CC(C)c1nc(CN(C)C(=O)[C@@]23COC[C@@H]2CN(C(=O)c2ccco2)C3)cs1. The fraction of sp³-hybridized carbons (Fsp3) is 0.550. The number of ether oxygens (including phenoxy) is 1. The van der Waals surface area contributed by atoms with Gasteiger partial charge in [0.1, 0.15) is 0 Å². The van der Waals surface area contributed by atoms with Gasteiger partial charge in [0.25, 0.3) is 5.91 Å². The lowest BCUT2D eigenvalue weighted by Gasteiger charge is -2.30. The number of rotatable bonds is 5. The Bertz CT molecular complexity index is 863. The molecule has 0 N–H and O–H groups in total. The van der Waals surface area contributed by atoms with Crippen molar-refractivity contribution >= 4 is 23.2 Å². The topological polar surface area (TPSA) is 75.9 Å². The molecule has 0 saturated carbocycles. The largest absolute Gasteiger partial charge is 0.459 e. The van der Waals surface area contributed by atoms with Crippen LogP contribution < -0.4 is 0 Å². The van der Waals surface area contributed by atoms with Crippen molar-refractivity contribution in [3.63, 3.8) is 0 Å². The van der Waals surface area contributed by atoms with Crippen LogP contribution in [0.3, 0.4) is 0 Å². The zero-order valence-electron chi connectivity index (χ0n) is 16.4. The summed E-state index contributed by atoms with van der Waals surface area (Å²) in [7, 11) is 1.80. The predicted octanol–water partition coefficient (Wildman–Crippen LogP) is 2.61. The molecular formula is C20H25N3O4S. The standard InChI is InChI=1S/C20H25N3O4S/c1-13(2)17-21-15(10-28-17)8-22(3)19(25)20-11-23(7-14(20)9-26-12-20)18(24)16-5-4-6-27-16/h4-6,10,13-14H,7-9,11-12H2,1-3H3/t14-,20-/m0/s1. The van der Waals surface area contributed by atoms with Crippen LogP contribution in [-0.2, 0) is 16.1 Å². The quantitative estimate of drug-likeness (QED) is 0.767. The molecule has 4 heterocycles. The summed E-state index contributed by atoms with van der Waals surface area (Å²) in [6.45, 7) is 6.39. The van der Waals surface area contributed by atoms with Gasteiger partial charge in [-0.05, 0) is 12.1 Å². The van der Waals surface area contributed by atoms with Crippen LogP contribution in [0.5, 0.6) is 0 Å². The van der Waals surface area contributed by atoms with Gasteiger partial charge >= 0.3 is 0 Å². The van der Waals surface area contributed by atoms with Crippen LogP contribution in [0, 0.1) is 11.3 Å². The van der Waals surface area contributed by atoms with Gasteiger partial charge in [-0.3, -0.25) is 9.59 Å². The third-order valence-corrected chi connectivity index (χ3v) is 6.82. The Kier molecular flexibility index (Phi) is 5.01. The third kappa shape index (κ3) is 3.24. The van der Waals surface area contributed by atoms with E-state index in [4.69, 9.17) is 9.15 Å². The number of fused-ring (bicyclic) bond motifs is 1. The molecule has 0 spiro atoms. The highest BCUT2D eigenvalue weighted by Crippen LogP contribution is 2.43. The molecule has 2 amide bonds. The molecule has 0 aliphatic carbocycles. The smallest absolute Gasteiger partial charge is 0.289 e. The fourth-order valence-corrected chi connectivity index (χ4v) is 4.93. The van der Waals surface area contributed by atoms with Crippen LogP contribution in [0.4, 0.5) is 0 Å². The molecular weight excluding hydrogens is 378 g/mol. The van der Waals surface area contributed by atoms with Gasteiger partial charge in [0.05, 0.1) is 42.1 Å². The number of likely N-dealkylation sites (tertiary alicyclic amines) is 1. The van der Waals surface area contributed by atoms with Crippen LogP contribution >= 0.6 is 11.3 Å². The van der Waals surface area contributed by atoms with Crippen LogP contribution in [0.25, 0.3) is 0 Å². The molecule has 2 aliphatic heterocycles. The molecule has 150 valence electrons. The molecule has 7 nitrogen and oxygen atoms in total. The van der Waals surface area contributed by atoms with E-state index in [0.717, 1.165) is 10.7 Å². The monoisotopic (exact) mass is 403 g/mol. The van der Waals surface area contributed by atoms with Crippen LogP contribution in [0.1, 0.15) is 41.0 Å². The van der Waals surface area contributed by atoms with Gasteiger partial charge in [-0.1, -0.05) is 13.8 Å². The molecule has 8 heteroatoms. The van der Waals surface area contributed by atoms with Crippen molar-refractivity contribution in [2.24, 2.45) is 11.3 Å². The first-order chi connectivity index (χ1) is 13.4. The van der Waals surface area contributed by atoms with Gasteiger partial charge in [-0.2, -0.15) is 0 Å². The summed E-state index contributed by atoms with van der Waals surface area (Å²) in [5.74, 6) is 0.532. The Morgan fingerprint density at radius 3 is 2.96 bits per heavy atom. The molecule has 0 unspecified atom stereocenters. The fourth-order valence-electron chi connectivity index (χ4n) is 4.10. The minimum atomic E-state index is -0.687. The Hall–Kier alpha value is -2.19. The Labute approximate surface area is 168 Å². The van der Waals surface area contributed by atoms with Crippen LogP contribution in [-0.4, -0.2) is 59.9 Å². The number of carbonyl (C=O) groups is 2. The Morgan fingerprint density at radius 2 is 2.29 bits per heavy atom. The second-order valence-electron chi connectivity index (χ2n) is 8.02. The third-order valence-electron chi connectivity index (χ3n) is 5.63. The van der Waals surface area contributed by atoms with E-state index in [1.165, 1.54) is 6.26 Å². The lowest BCUT2D eigenvalue weighted by molar-refractivity contribution is -0.142. The van der Waals surface area contributed by atoms with Crippen molar-refractivity contribution in [1.29, 1.82) is 0 Å². The Morgan fingerprint density at radius 1 is 1.46 bits per heavy atom. The minimum absolute atomic E-state index is 0.00280. The second-order valence-corrected chi connectivity index (χ2v) is 8.91. The van der Waals surface area contributed by atoms with Crippen molar-refractivity contribution < 1.29 is 18.7 Å². The number of aromatic nitrogens is 1. The van der Waals surface area contributed by atoms with Gasteiger partial charge in [-0.15, -0.1) is 11.3 Å². The molecule has 2 fully saturated rings. The van der Waals surface area contributed by atoms with Gasteiger partial charge < -0.3 is 19.0 Å². The van der Waals surface area contributed by atoms with Crippen molar-refractivity contribution in [2.75, 3.05) is 33.4 Å². The van der Waals surface area contributed by atoms with E-state index in [1.54, 1.807) is 40.3 Å². The van der Waals surface area contributed by atoms with E-state index in [1.807, 2.05) is 5.38 Å². The Balaban J connectivity index is 1.49. The van der Waals surface area contributed by atoms with Crippen molar-refractivity contribution in [2.45, 2.75) is 26.3 Å². The number of carbonyl (C=O) groups excluding carboxylic acids is 2. The summed E-state index contributed by atoms with van der Waals surface area (Å²) in [6.07, 6.45) is 1.49. The first-order valence-corrected chi connectivity index (χ1v) is 10.4. The average molecular weight is 404 g/mol. The molecule has 28 heavy (non-hydrogen) atoms. The zero-order chi connectivity index (χ0) is 19.9. The number of hydrogen-bond donors (Lipinski definition) is 0. The molecule has 2 saturated heterocycles. The molecule has 2 atom stereocenters. The number of amides is 2. The molecule has 0 aromatic carbocycles. The van der Waals surface area contributed by atoms with Crippen molar-refractivity contribution in [3.05, 3.63) is 40.2 Å². The molecule has 2 aromatic rings. The number of nitrogens with zero attached hydrogens (tertiary/aromatic N) is 3. The number of furan rings is 1. The molecule has 0 bridgehead atoms. The van der Waals surface area contributed by atoms with E-state index in [-0.39, 0.29) is 17.7 Å². The highest BCUT2D eigenvalue weighted by molar-refractivity contribution is 7.09. The van der Waals surface area contributed by atoms with Gasteiger partial charge in [0, 0.05) is 37.4 Å². The second kappa shape index (κ2) is 7.33. The number of hydrogen-bond acceptors (Lipinski definition) is 6. The lowest BCUT2D eigenvalue weighted by Crippen LogP contribution is -2.47. The van der Waals surface area contributed by atoms with Gasteiger partial charge in [0.2, 0.25) is 5.91 Å². The molecule has 2 aliphatic rings. The van der Waals surface area contributed by atoms with Gasteiger partial charge in [0.15, 0.2) is 5.76 Å². The van der Waals surface area contributed by atoms with E-state index in [9.17, 15) is 9.59 Å². The normalized spacial score (nSPS) is 24.0. The van der Waals surface area contributed by atoms with E-state index >= 15 is 0 Å². The van der Waals surface area contributed by atoms with Crippen molar-refractivity contribution in [3.8, 4) is 0 Å². The molecule has 4 rings (SSSR count).